The van der Waals surface area contributed by atoms with Crippen LogP contribution in [0.15, 0.2) is 4.99 Å². The molecule has 100 valence electrons. The van der Waals surface area contributed by atoms with E-state index >= 15 is 0 Å². The predicted molar refractivity (Wildman–Crippen MR) is 81.2 cm³/mol. The van der Waals surface area contributed by atoms with Gasteiger partial charge in [0.15, 0.2) is 0 Å². The highest BCUT2D eigenvalue weighted by Crippen LogP contribution is 2.21. The molecule has 1 heterocycles. The summed E-state index contributed by atoms with van der Waals surface area (Å²) in [4.78, 5) is 4.27. The average molecular weight is 255 g/mol. The van der Waals surface area contributed by atoms with E-state index in [0.29, 0.717) is 0 Å². The lowest BCUT2D eigenvalue weighted by Crippen LogP contribution is -2.01. The molecule has 0 amide bonds. The van der Waals surface area contributed by atoms with Gasteiger partial charge >= 0.3 is 0 Å². The number of nitrogens with zero attached hydrogens (tertiary/aromatic N) is 1. The van der Waals surface area contributed by atoms with Crippen molar-refractivity contribution < 1.29 is 0 Å². The fourth-order valence-corrected chi connectivity index (χ4v) is 3.17. The van der Waals surface area contributed by atoms with Crippen LogP contribution in [0.4, 0.5) is 0 Å². The van der Waals surface area contributed by atoms with Crippen molar-refractivity contribution in [1.82, 2.24) is 0 Å². The predicted octanol–water partition coefficient (Wildman–Crippen LogP) is 5.44. The Morgan fingerprint density at radius 1 is 0.941 bits per heavy atom. The molecule has 0 spiro atoms. The van der Waals surface area contributed by atoms with E-state index in [1.807, 2.05) is 17.3 Å². The Morgan fingerprint density at radius 2 is 1.53 bits per heavy atom. The van der Waals surface area contributed by atoms with Gasteiger partial charge in [-0.3, -0.25) is 4.99 Å². The molecule has 17 heavy (non-hydrogen) atoms. The highest BCUT2D eigenvalue weighted by Gasteiger charge is 2.10. The minimum absolute atomic E-state index is 0.809. The molecule has 1 rings (SSSR count). The van der Waals surface area contributed by atoms with Gasteiger partial charge in [-0.15, -0.1) is 11.8 Å². The van der Waals surface area contributed by atoms with Crippen molar-refractivity contribution in [3.8, 4) is 0 Å². The van der Waals surface area contributed by atoms with Gasteiger partial charge in [-0.2, -0.15) is 0 Å². The van der Waals surface area contributed by atoms with E-state index in [-0.39, 0.29) is 0 Å². The van der Waals surface area contributed by atoms with Crippen LogP contribution >= 0.6 is 11.8 Å². The van der Waals surface area contributed by atoms with Crippen LogP contribution < -0.4 is 0 Å². The van der Waals surface area contributed by atoms with Gasteiger partial charge in [-0.1, -0.05) is 71.1 Å². The van der Waals surface area contributed by atoms with Crippen molar-refractivity contribution in [3.05, 3.63) is 0 Å². The van der Waals surface area contributed by atoms with Gasteiger partial charge in [0, 0.05) is 5.25 Å². The van der Waals surface area contributed by atoms with Gasteiger partial charge in [0.2, 0.25) is 0 Å². The number of hydrogen-bond acceptors (Lipinski definition) is 2. The molecule has 1 aliphatic heterocycles. The normalized spacial score (nSPS) is 19.0. The Bertz CT molecular complexity index is 183. The second-order valence-corrected chi connectivity index (χ2v) is 6.35. The maximum Gasteiger partial charge on any atom is 0.0544 e. The number of unbranched alkanes of at least 4 members (excludes halogenated alkanes) is 9. The fraction of sp³-hybridized carbons (Fsp3) is 0.933. The van der Waals surface area contributed by atoms with Gasteiger partial charge in [0.1, 0.15) is 0 Å². The maximum absolute atomic E-state index is 4.27. The summed E-state index contributed by atoms with van der Waals surface area (Å²) in [6.45, 7) is 3.36. The van der Waals surface area contributed by atoms with Crippen LogP contribution in [0.3, 0.4) is 0 Å². The van der Waals surface area contributed by atoms with Gasteiger partial charge in [0.25, 0.3) is 0 Å². The van der Waals surface area contributed by atoms with Crippen LogP contribution in [-0.2, 0) is 0 Å². The maximum atomic E-state index is 4.27. The molecule has 2 heteroatoms. The summed E-state index contributed by atoms with van der Waals surface area (Å²) in [5, 5.41) is 0.809. The van der Waals surface area contributed by atoms with E-state index in [9.17, 15) is 0 Å². The van der Waals surface area contributed by atoms with E-state index in [2.05, 4.69) is 11.9 Å². The first-order valence-corrected chi connectivity index (χ1v) is 8.51. The van der Waals surface area contributed by atoms with Crippen LogP contribution in [0, 0.1) is 0 Å². The molecule has 1 unspecified atom stereocenters. The lowest BCUT2D eigenvalue weighted by atomic mass is 10.1. The third kappa shape index (κ3) is 8.70. The standard InChI is InChI=1S/C15H29NS/c1-2-3-4-5-6-7-8-9-10-11-12-15-13-16-14-17-15/h14-15H,2-13H2,1H3. The highest BCUT2D eigenvalue weighted by molar-refractivity contribution is 8.12. The molecule has 0 saturated carbocycles. The molecule has 1 atom stereocenters. The van der Waals surface area contributed by atoms with Crippen molar-refractivity contribution in [2.75, 3.05) is 6.54 Å². The van der Waals surface area contributed by atoms with Gasteiger partial charge in [-0.25, -0.2) is 0 Å². The smallest absolute Gasteiger partial charge is 0.0544 e. The van der Waals surface area contributed by atoms with E-state index in [0.717, 1.165) is 11.8 Å². The Balaban J connectivity index is 1.69. The number of thioether (sulfide) groups is 1. The third-order valence-electron chi connectivity index (χ3n) is 3.52. The average Bonchev–Trinajstić information content (AvgIpc) is 2.85. The topological polar surface area (TPSA) is 12.4 Å². The third-order valence-corrected chi connectivity index (χ3v) is 4.56. The lowest BCUT2D eigenvalue weighted by molar-refractivity contribution is 0.548. The molecule has 1 aliphatic rings. The molecule has 0 aromatic carbocycles. The largest absolute Gasteiger partial charge is 0.285 e. The van der Waals surface area contributed by atoms with Crippen LogP contribution in [0.25, 0.3) is 0 Å². The summed E-state index contributed by atoms with van der Waals surface area (Å²) in [6, 6.07) is 0. The van der Waals surface area contributed by atoms with Gasteiger partial charge < -0.3 is 0 Å². The summed E-state index contributed by atoms with van der Waals surface area (Å²) < 4.78 is 0. The molecule has 0 bridgehead atoms. The highest BCUT2D eigenvalue weighted by atomic mass is 32.2. The second-order valence-electron chi connectivity index (χ2n) is 5.20. The van der Waals surface area contributed by atoms with Crippen molar-refractivity contribution >= 4 is 17.3 Å². The molecule has 1 nitrogen and oxygen atoms in total. The fourth-order valence-electron chi connectivity index (χ4n) is 2.35. The zero-order valence-corrected chi connectivity index (χ0v) is 12.3. The number of rotatable bonds is 11. The van der Waals surface area contributed by atoms with Gasteiger partial charge in [-0.05, 0) is 6.42 Å². The molecule has 0 aliphatic carbocycles. The zero-order chi connectivity index (χ0) is 12.2. The van der Waals surface area contributed by atoms with E-state index in [4.69, 9.17) is 0 Å². The summed E-state index contributed by atoms with van der Waals surface area (Å²) in [5.74, 6) is 0. The molecular formula is C15H29NS. The molecule has 0 aromatic rings. The quantitative estimate of drug-likeness (QED) is 0.448. The second kappa shape index (κ2) is 11.1. The first-order chi connectivity index (χ1) is 8.43. The van der Waals surface area contributed by atoms with Crippen molar-refractivity contribution in [1.29, 1.82) is 0 Å². The molecule has 0 N–H and O–H groups in total. The van der Waals surface area contributed by atoms with Gasteiger partial charge in [0.05, 0.1) is 12.1 Å². The van der Waals surface area contributed by atoms with E-state index in [1.165, 1.54) is 70.6 Å². The zero-order valence-electron chi connectivity index (χ0n) is 11.5. The summed E-state index contributed by atoms with van der Waals surface area (Å²) in [5.41, 5.74) is 2.03. The number of aliphatic imine (C=N–C) groups is 1. The first-order valence-electron chi connectivity index (χ1n) is 7.57. The number of hydrogen-bond donors (Lipinski definition) is 0. The summed E-state index contributed by atoms with van der Waals surface area (Å²) in [7, 11) is 0. The molecule has 0 fully saturated rings. The SMILES string of the molecule is CCCCCCCCCCCCC1CN=CS1. The van der Waals surface area contributed by atoms with Crippen LogP contribution in [0.1, 0.15) is 77.6 Å². The van der Waals surface area contributed by atoms with E-state index in [1.54, 1.807) is 0 Å². The Labute approximate surface area is 112 Å². The lowest BCUT2D eigenvalue weighted by Gasteiger charge is -2.06. The molecule has 0 radical (unpaired) electrons. The van der Waals surface area contributed by atoms with Crippen LogP contribution in [0.5, 0.6) is 0 Å². The molecule has 0 aromatic heterocycles. The van der Waals surface area contributed by atoms with Crippen LogP contribution in [-0.4, -0.2) is 17.3 Å². The Kier molecular flexibility index (Phi) is 9.87. The first kappa shape index (κ1) is 15.1. The van der Waals surface area contributed by atoms with Crippen molar-refractivity contribution in [2.24, 2.45) is 4.99 Å². The molecular weight excluding hydrogens is 226 g/mol. The molecule has 0 saturated heterocycles. The van der Waals surface area contributed by atoms with Crippen molar-refractivity contribution in [3.63, 3.8) is 0 Å². The minimum atomic E-state index is 0.809. The summed E-state index contributed by atoms with van der Waals surface area (Å²) in [6.07, 6.45) is 15.8. The Hall–Kier alpha value is 0.0200. The van der Waals surface area contributed by atoms with E-state index < -0.39 is 0 Å². The Morgan fingerprint density at radius 3 is 2.06 bits per heavy atom. The van der Waals surface area contributed by atoms with Crippen LogP contribution in [0.2, 0.25) is 0 Å². The summed E-state index contributed by atoms with van der Waals surface area (Å²) >= 11 is 1.93. The monoisotopic (exact) mass is 255 g/mol. The minimum Gasteiger partial charge on any atom is -0.285 e. The van der Waals surface area contributed by atoms with Crippen molar-refractivity contribution in [2.45, 2.75) is 82.8 Å².